The van der Waals surface area contributed by atoms with Gasteiger partial charge in [0.15, 0.2) is 0 Å². The Bertz CT molecular complexity index is 481. The highest BCUT2D eigenvalue weighted by Gasteiger charge is 2.07. The van der Waals surface area contributed by atoms with Gasteiger partial charge in [-0.3, -0.25) is 0 Å². The second-order valence-corrected chi connectivity index (χ2v) is 4.19. The smallest absolute Gasteiger partial charge is 0.262 e. The van der Waals surface area contributed by atoms with Crippen LogP contribution in [0.2, 0.25) is 0 Å². The molecule has 5 heteroatoms. The fourth-order valence-corrected chi connectivity index (χ4v) is 1.93. The van der Waals surface area contributed by atoms with Gasteiger partial charge in [-0.2, -0.15) is 0 Å². The van der Waals surface area contributed by atoms with Crippen LogP contribution in [0.4, 0.5) is 5.69 Å². The molecule has 2 heterocycles. The summed E-state index contributed by atoms with van der Waals surface area (Å²) in [6, 6.07) is 1.88. The van der Waals surface area contributed by atoms with E-state index >= 15 is 0 Å². The monoisotopic (exact) mass is 221 g/mol. The van der Waals surface area contributed by atoms with E-state index in [4.69, 9.17) is 10.2 Å². The number of oxazole rings is 1. The van der Waals surface area contributed by atoms with Crippen LogP contribution in [0.25, 0.3) is 0 Å². The van der Waals surface area contributed by atoms with Crippen LogP contribution in [0.1, 0.15) is 11.3 Å². The molecule has 2 aromatic heterocycles. The summed E-state index contributed by atoms with van der Waals surface area (Å²) in [6.45, 7) is 3.85. The van der Waals surface area contributed by atoms with Crippen molar-refractivity contribution in [3.63, 3.8) is 0 Å². The Labute approximate surface area is 91.9 Å². The normalized spacial score (nSPS) is 10.5. The fraction of sp³-hybridized carbons (Fsp3) is 0.200. The van der Waals surface area contributed by atoms with E-state index < -0.39 is 0 Å². The van der Waals surface area contributed by atoms with Crippen molar-refractivity contribution < 1.29 is 4.42 Å². The zero-order valence-corrected chi connectivity index (χ0v) is 9.34. The number of nitrogens with two attached hydrogens (primary N) is 1. The number of nitrogens with zero attached hydrogens (tertiary/aromatic N) is 2. The Kier molecular flexibility index (Phi) is 2.64. The first-order chi connectivity index (χ1) is 7.15. The molecule has 78 valence electrons. The zero-order valence-electron chi connectivity index (χ0n) is 8.52. The molecular weight excluding hydrogens is 210 g/mol. The van der Waals surface area contributed by atoms with Crippen molar-refractivity contribution in [1.29, 1.82) is 0 Å². The first-order valence-electron chi connectivity index (χ1n) is 4.47. The van der Waals surface area contributed by atoms with Crippen molar-refractivity contribution in [1.82, 2.24) is 9.97 Å². The number of rotatable bonds is 2. The minimum atomic E-state index is 0.605. The van der Waals surface area contributed by atoms with Gasteiger partial charge in [0.05, 0.1) is 17.6 Å². The molecule has 2 aromatic rings. The van der Waals surface area contributed by atoms with E-state index in [1.807, 2.05) is 19.9 Å². The highest BCUT2D eigenvalue weighted by Crippen LogP contribution is 2.28. The average molecular weight is 221 g/mol. The van der Waals surface area contributed by atoms with Crippen molar-refractivity contribution in [2.75, 3.05) is 5.73 Å². The lowest BCUT2D eigenvalue weighted by atomic mass is 10.3. The van der Waals surface area contributed by atoms with E-state index in [0.29, 0.717) is 10.9 Å². The van der Waals surface area contributed by atoms with E-state index in [1.54, 1.807) is 12.5 Å². The van der Waals surface area contributed by atoms with Gasteiger partial charge in [-0.05, 0) is 37.2 Å². The van der Waals surface area contributed by atoms with Crippen LogP contribution >= 0.6 is 11.8 Å². The Morgan fingerprint density at radius 2 is 2.20 bits per heavy atom. The van der Waals surface area contributed by atoms with Crippen molar-refractivity contribution in [2.45, 2.75) is 24.1 Å². The van der Waals surface area contributed by atoms with E-state index in [-0.39, 0.29) is 0 Å². The van der Waals surface area contributed by atoms with Crippen LogP contribution in [0.15, 0.2) is 33.2 Å². The topological polar surface area (TPSA) is 64.9 Å². The first kappa shape index (κ1) is 10.0. The summed E-state index contributed by atoms with van der Waals surface area (Å²) in [5, 5.41) is 1.47. The standard InChI is InChI=1S/C10H11N3OS/c1-6-3-8(11)4-12-9(6)15-10-13-7(2)5-14-10/h3-5H,11H2,1-2H3. The predicted octanol–water partition coefficient (Wildman–Crippen LogP) is 2.42. The highest BCUT2D eigenvalue weighted by atomic mass is 32.2. The summed E-state index contributed by atoms with van der Waals surface area (Å²) in [5.74, 6) is 0. The maximum absolute atomic E-state index is 5.61. The molecule has 0 radical (unpaired) electrons. The second kappa shape index (κ2) is 3.94. The number of aryl methyl sites for hydroxylation is 2. The third kappa shape index (κ3) is 2.30. The van der Waals surface area contributed by atoms with E-state index in [0.717, 1.165) is 16.3 Å². The Morgan fingerprint density at radius 1 is 1.40 bits per heavy atom. The number of aromatic nitrogens is 2. The molecule has 2 N–H and O–H groups in total. The van der Waals surface area contributed by atoms with Crippen LogP contribution in [0.3, 0.4) is 0 Å². The largest absolute Gasteiger partial charge is 0.439 e. The van der Waals surface area contributed by atoms with Gasteiger partial charge in [0.1, 0.15) is 11.3 Å². The third-order valence-electron chi connectivity index (χ3n) is 1.83. The summed E-state index contributed by atoms with van der Waals surface area (Å²) in [5.41, 5.74) is 8.17. The minimum Gasteiger partial charge on any atom is -0.439 e. The van der Waals surface area contributed by atoms with Gasteiger partial charge < -0.3 is 10.2 Å². The lowest BCUT2D eigenvalue weighted by Gasteiger charge is -2.01. The van der Waals surface area contributed by atoms with Gasteiger partial charge in [-0.25, -0.2) is 9.97 Å². The van der Waals surface area contributed by atoms with Crippen molar-refractivity contribution in [2.24, 2.45) is 0 Å². The van der Waals surface area contributed by atoms with Gasteiger partial charge in [0.2, 0.25) is 0 Å². The zero-order chi connectivity index (χ0) is 10.8. The maximum atomic E-state index is 5.61. The Balaban J connectivity index is 2.24. The summed E-state index contributed by atoms with van der Waals surface area (Å²) >= 11 is 1.40. The van der Waals surface area contributed by atoms with Crippen molar-refractivity contribution >= 4 is 17.4 Å². The summed E-state index contributed by atoms with van der Waals surface area (Å²) in [7, 11) is 0. The lowest BCUT2D eigenvalue weighted by molar-refractivity contribution is 0.453. The van der Waals surface area contributed by atoms with E-state index in [2.05, 4.69) is 9.97 Å². The molecule has 0 amide bonds. The SMILES string of the molecule is Cc1coc(Sc2ncc(N)cc2C)n1. The van der Waals surface area contributed by atoms with Gasteiger partial charge >= 0.3 is 0 Å². The van der Waals surface area contributed by atoms with Gasteiger partial charge in [-0.15, -0.1) is 0 Å². The molecule has 4 nitrogen and oxygen atoms in total. The van der Waals surface area contributed by atoms with Crippen LogP contribution in [0.5, 0.6) is 0 Å². The predicted molar refractivity (Wildman–Crippen MR) is 58.7 cm³/mol. The van der Waals surface area contributed by atoms with Gasteiger partial charge in [0.25, 0.3) is 5.22 Å². The highest BCUT2D eigenvalue weighted by molar-refractivity contribution is 7.99. The number of hydrogen-bond acceptors (Lipinski definition) is 5. The van der Waals surface area contributed by atoms with Gasteiger partial charge in [0, 0.05) is 0 Å². The molecular formula is C10H11N3OS. The quantitative estimate of drug-likeness (QED) is 0.843. The van der Waals surface area contributed by atoms with Gasteiger partial charge in [-0.1, -0.05) is 0 Å². The van der Waals surface area contributed by atoms with Crippen LogP contribution in [0, 0.1) is 13.8 Å². The van der Waals surface area contributed by atoms with Crippen molar-refractivity contribution in [3.05, 3.63) is 29.8 Å². The molecule has 0 saturated carbocycles. The van der Waals surface area contributed by atoms with E-state index in [9.17, 15) is 0 Å². The van der Waals surface area contributed by atoms with Crippen LogP contribution < -0.4 is 5.73 Å². The summed E-state index contributed by atoms with van der Waals surface area (Å²) in [4.78, 5) is 8.41. The summed E-state index contributed by atoms with van der Waals surface area (Å²) < 4.78 is 5.23. The Morgan fingerprint density at radius 3 is 2.80 bits per heavy atom. The fourth-order valence-electron chi connectivity index (χ4n) is 1.15. The van der Waals surface area contributed by atoms with Crippen molar-refractivity contribution in [3.8, 4) is 0 Å². The molecule has 0 spiro atoms. The third-order valence-corrected chi connectivity index (χ3v) is 2.82. The molecule has 0 aliphatic heterocycles. The lowest BCUT2D eigenvalue weighted by Crippen LogP contribution is -1.91. The molecule has 0 aliphatic rings. The molecule has 15 heavy (non-hydrogen) atoms. The molecule has 0 bridgehead atoms. The molecule has 0 aromatic carbocycles. The maximum Gasteiger partial charge on any atom is 0.262 e. The number of pyridine rings is 1. The molecule has 0 saturated heterocycles. The summed E-state index contributed by atoms with van der Waals surface area (Å²) in [6.07, 6.45) is 3.25. The molecule has 0 fully saturated rings. The number of anilines is 1. The minimum absolute atomic E-state index is 0.605. The van der Waals surface area contributed by atoms with Crippen LogP contribution in [-0.4, -0.2) is 9.97 Å². The molecule has 0 atom stereocenters. The van der Waals surface area contributed by atoms with Crippen LogP contribution in [-0.2, 0) is 0 Å². The second-order valence-electron chi connectivity index (χ2n) is 3.25. The number of nitrogen functional groups attached to an aromatic ring is 1. The average Bonchev–Trinajstić information content (AvgIpc) is 2.56. The number of hydrogen-bond donors (Lipinski definition) is 1. The molecule has 0 aliphatic carbocycles. The molecule has 2 rings (SSSR count). The molecule has 0 unspecified atom stereocenters. The van der Waals surface area contributed by atoms with E-state index in [1.165, 1.54) is 11.8 Å². The first-order valence-corrected chi connectivity index (χ1v) is 5.29. The Hall–Kier alpha value is -1.49.